The molecule has 1 saturated heterocycles. The van der Waals surface area contributed by atoms with Crippen LogP contribution in [-0.4, -0.2) is 60.8 Å². The van der Waals surface area contributed by atoms with Gasteiger partial charge in [-0.25, -0.2) is 4.98 Å². The fourth-order valence-electron chi connectivity index (χ4n) is 2.70. The summed E-state index contributed by atoms with van der Waals surface area (Å²) in [5.74, 6) is 1.62. The van der Waals surface area contributed by atoms with Crippen molar-refractivity contribution in [3.8, 4) is 0 Å². The molecule has 0 atom stereocenters. The summed E-state index contributed by atoms with van der Waals surface area (Å²) < 4.78 is 5.68. The van der Waals surface area contributed by atoms with Crippen LogP contribution in [0.4, 0.5) is 5.82 Å². The van der Waals surface area contributed by atoms with Crippen LogP contribution in [0.5, 0.6) is 0 Å². The number of anilines is 1. The van der Waals surface area contributed by atoms with E-state index in [1.165, 1.54) is 12.8 Å². The van der Waals surface area contributed by atoms with Crippen molar-refractivity contribution in [1.29, 1.82) is 0 Å². The highest BCUT2D eigenvalue weighted by Crippen LogP contribution is 2.19. The molecule has 0 aromatic carbocycles. The molecule has 21 heavy (non-hydrogen) atoms. The van der Waals surface area contributed by atoms with Gasteiger partial charge in [0.1, 0.15) is 5.82 Å². The molecule has 1 aromatic heterocycles. The molecule has 0 unspecified atom stereocenters. The first-order valence-electron chi connectivity index (χ1n) is 7.95. The van der Waals surface area contributed by atoms with Crippen molar-refractivity contribution in [3.05, 3.63) is 18.6 Å². The minimum Gasteiger partial charge on any atom is -0.380 e. The third-order valence-corrected chi connectivity index (χ3v) is 4.00. The van der Waals surface area contributed by atoms with E-state index < -0.39 is 0 Å². The Bertz CT molecular complexity index is 391. The Balaban J connectivity index is 1.68. The second kappa shape index (κ2) is 8.29. The molecule has 0 amide bonds. The maximum Gasteiger partial charge on any atom is 0.147 e. The number of hydrogen-bond acceptors (Lipinski definition) is 5. The van der Waals surface area contributed by atoms with Gasteiger partial charge in [-0.15, -0.1) is 0 Å². The Hall–Kier alpha value is -1.20. The molecule has 0 radical (unpaired) electrons. The highest BCUT2D eigenvalue weighted by molar-refractivity contribution is 5.35. The average molecular weight is 292 g/mol. The number of nitrogens with zero attached hydrogens (tertiary/aromatic N) is 4. The highest BCUT2D eigenvalue weighted by atomic mass is 16.5. The van der Waals surface area contributed by atoms with Crippen LogP contribution < -0.4 is 4.90 Å². The van der Waals surface area contributed by atoms with Gasteiger partial charge < -0.3 is 14.5 Å². The van der Waals surface area contributed by atoms with Crippen LogP contribution in [0.3, 0.4) is 0 Å². The van der Waals surface area contributed by atoms with Crippen molar-refractivity contribution in [2.75, 3.05) is 44.8 Å². The quantitative estimate of drug-likeness (QED) is 0.720. The zero-order valence-electron chi connectivity index (χ0n) is 13.5. The van der Waals surface area contributed by atoms with Gasteiger partial charge in [-0.1, -0.05) is 13.8 Å². The first-order valence-corrected chi connectivity index (χ1v) is 7.95. The molecular weight excluding hydrogens is 264 g/mol. The average Bonchev–Trinajstić information content (AvgIpc) is 2.52. The second-order valence-electron chi connectivity index (χ2n) is 6.23. The molecule has 0 spiro atoms. The highest BCUT2D eigenvalue weighted by Gasteiger charge is 2.22. The summed E-state index contributed by atoms with van der Waals surface area (Å²) in [5, 5.41) is 0. The lowest BCUT2D eigenvalue weighted by Crippen LogP contribution is -2.44. The minimum atomic E-state index is 0.616. The smallest absolute Gasteiger partial charge is 0.147 e. The van der Waals surface area contributed by atoms with Crippen LogP contribution in [0, 0.1) is 5.92 Å². The van der Waals surface area contributed by atoms with Crippen molar-refractivity contribution in [2.45, 2.75) is 32.7 Å². The molecule has 2 rings (SSSR count). The molecule has 2 heterocycles. The summed E-state index contributed by atoms with van der Waals surface area (Å²) in [4.78, 5) is 13.3. The van der Waals surface area contributed by atoms with Gasteiger partial charge in [0, 0.05) is 44.7 Å². The lowest BCUT2D eigenvalue weighted by molar-refractivity contribution is 0.0773. The van der Waals surface area contributed by atoms with Crippen LogP contribution in [0.15, 0.2) is 18.6 Å². The third kappa shape index (κ3) is 5.25. The van der Waals surface area contributed by atoms with E-state index >= 15 is 0 Å². The van der Waals surface area contributed by atoms with Gasteiger partial charge in [-0.05, 0) is 25.8 Å². The molecule has 118 valence electrons. The summed E-state index contributed by atoms with van der Waals surface area (Å²) >= 11 is 0. The van der Waals surface area contributed by atoms with Gasteiger partial charge in [-0.2, -0.15) is 0 Å². The predicted octanol–water partition coefficient (Wildman–Crippen LogP) is 2.05. The van der Waals surface area contributed by atoms with E-state index in [1.807, 2.05) is 6.20 Å². The van der Waals surface area contributed by atoms with Gasteiger partial charge >= 0.3 is 0 Å². The molecule has 0 bridgehead atoms. The summed E-state index contributed by atoms with van der Waals surface area (Å²) in [6.07, 6.45) is 7.69. The molecule has 0 N–H and O–H groups in total. The second-order valence-corrected chi connectivity index (χ2v) is 6.23. The number of rotatable bonds is 7. The topological polar surface area (TPSA) is 41.5 Å². The number of aromatic nitrogens is 2. The van der Waals surface area contributed by atoms with Crippen molar-refractivity contribution < 1.29 is 4.74 Å². The molecule has 0 aliphatic carbocycles. The fraction of sp³-hybridized carbons (Fsp3) is 0.750. The normalized spacial score (nSPS) is 16.9. The summed E-state index contributed by atoms with van der Waals surface area (Å²) in [7, 11) is 2.21. The largest absolute Gasteiger partial charge is 0.380 e. The van der Waals surface area contributed by atoms with E-state index in [2.05, 4.69) is 40.7 Å². The SMILES string of the molecule is CC(C)COCCN(C)C1CCN(c2cnccn2)CC1. The van der Waals surface area contributed by atoms with E-state index in [4.69, 9.17) is 4.74 Å². The molecular formula is C16H28N4O. The van der Waals surface area contributed by atoms with Crippen LogP contribution in [0.25, 0.3) is 0 Å². The van der Waals surface area contributed by atoms with Crippen LogP contribution in [0.1, 0.15) is 26.7 Å². The Kier molecular flexibility index (Phi) is 6.39. The zero-order chi connectivity index (χ0) is 15.1. The zero-order valence-corrected chi connectivity index (χ0v) is 13.5. The molecule has 1 fully saturated rings. The molecule has 1 aromatic rings. The van der Waals surface area contributed by atoms with Crippen LogP contribution >= 0.6 is 0 Å². The van der Waals surface area contributed by atoms with Crippen molar-refractivity contribution >= 4 is 5.82 Å². The molecule has 0 saturated carbocycles. The lowest BCUT2D eigenvalue weighted by Gasteiger charge is -2.37. The third-order valence-electron chi connectivity index (χ3n) is 4.00. The molecule has 1 aliphatic heterocycles. The monoisotopic (exact) mass is 292 g/mol. The van der Waals surface area contributed by atoms with Crippen molar-refractivity contribution in [1.82, 2.24) is 14.9 Å². The number of hydrogen-bond donors (Lipinski definition) is 0. The first-order chi connectivity index (χ1) is 10.2. The Morgan fingerprint density at radius 1 is 1.33 bits per heavy atom. The van der Waals surface area contributed by atoms with Crippen LogP contribution in [-0.2, 0) is 4.74 Å². The maximum absolute atomic E-state index is 5.68. The summed E-state index contributed by atoms with van der Waals surface area (Å²) in [6, 6.07) is 0.653. The van der Waals surface area contributed by atoms with E-state index in [-0.39, 0.29) is 0 Å². The Labute approximate surface area is 128 Å². The van der Waals surface area contributed by atoms with Crippen LogP contribution in [0.2, 0.25) is 0 Å². The number of ether oxygens (including phenoxy) is 1. The minimum absolute atomic E-state index is 0.616. The number of likely N-dealkylation sites (N-methyl/N-ethyl adjacent to an activating group) is 1. The molecule has 1 aliphatic rings. The molecule has 5 heteroatoms. The van der Waals surface area contributed by atoms with E-state index in [0.29, 0.717) is 12.0 Å². The van der Waals surface area contributed by atoms with E-state index in [1.54, 1.807) is 12.4 Å². The van der Waals surface area contributed by atoms with E-state index in [0.717, 1.165) is 38.7 Å². The van der Waals surface area contributed by atoms with E-state index in [9.17, 15) is 0 Å². The van der Waals surface area contributed by atoms with Gasteiger partial charge in [-0.3, -0.25) is 4.98 Å². The Morgan fingerprint density at radius 3 is 2.71 bits per heavy atom. The molecule has 5 nitrogen and oxygen atoms in total. The standard InChI is InChI=1S/C16H28N4O/c1-14(2)13-21-11-10-19(3)15-4-8-20(9-5-15)16-12-17-6-7-18-16/h6-7,12,14-15H,4-5,8-11,13H2,1-3H3. The maximum atomic E-state index is 5.68. The lowest BCUT2D eigenvalue weighted by atomic mass is 10.0. The van der Waals surface area contributed by atoms with Crippen molar-refractivity contribution in [2.24, 2.45) is 5.92 Å². The van der Waals surface area contributed by atoms with Gasteiger partial charge in [0.05, 0.1) is 12.8 Å². The Morgan fingerprint density at radius 2 is 2.10 bits per heavy atom. The predicted molar refractivity (Wildman–Crippen MR) is 85.6 cm³/mol. The van der Waals surface area contributed by atoms with Gasteiger partial charge in [0.2, 0.25) is 0 Å². The van der Waals surface area contributed by atoms with Gasteiger partial charge in [0.25, 0.3) is 0 Å². The summed E-state index contributed by atoms with van der Waals surface area (Å²) in [5.41, 5.74) is 0. The number of piperidine rings is 1. The fourth-order valence-corrected chi connectivity index (χ4v) is 2.70. The summed E-state index contributed by atoms with van der Waals surface area (Å²) in [6.45, 7) is 9.19. The van der Waals surface area contributed by atoms with Gasteiger partial charge in [0.15, 0.2) is 0 Å². The first kappa shape index (κ1) is 16.2. The van der Waals surface area contributed by atoms with Crippen molar-refractivity contribution in [3.63, 3.8) is 0 Å².